The van der Waals surface area contributed by atoms with Crippen LogP contribution in [0.25, 0.3) is 5.69 Å². The Labute approximate surface area is 168 Å². The van der Waals surface area contributed by atoms with Gasteiger partial charge in [0.1, 0.15) is 6.33 Å². The average molecular weight is 394 g/mol. The van der Waals surface area contributed by atoms with E-state index in [-0.39, 0.29) is 5.91 Å². The number of benzene rings is 2. The van der Waals surface area contributed by atoms with Gasteiger partial charge in [-0.05, 0) is 64.9 Å². The van der Waals surface area contributed by atoms with Crippen molar-refractivity contribution in [3.8, 4) is 17.2 Å². The molecular weight excluding hydrogens is 372 g/mol. The van der Waals surface area contributed by atoms with E-state index in [2.05, 4.69) is 33.0 Å². The molecule has 0 spiro atoms. The van der Waals surface area contributed by atoms with Crippen molar-refractivity contribution in [2.45, 2.75) is 19.8 Å². The molecule has 3 rings (SSSR count). The van der Waals surface area contributed by atoms with Gasteiger partial charge in [0.05, 0.1) is 25.6 Å². The van der Waals surface area contributed by atoms with Gasteiger partial charge in [0.25, 0.3) is 5.91 Å². The summed E-state index contributed by atoms with van der Waals surface area (Å²) in [5.74, 6) is 0.982. The van der Waals surface area contributed by atoms with Crippen LogP contribution in [-0.2, 0) is 0 Å². The number of hydrazone groups is 1. The van der Waals surface area contributed by atoms with Crippen molar-refractivity contribution >= 4 is 12.1 Å². The molecule has 1 heterocycles. The number of carbonyl (C=O) groups excluding carboxylic acids is 1. The summed E-state index contributed by atoms with van der Waals surface area (Å²) in [5.41, 5.74) is 4.51. The normalized spacial score (nSPS) is 10.8. The van der Waals surface area contributed by atoms with E-state index in [0.717, 1.165) is 24.1 Å². The number of rotatable bonds is 9. The van der Waals surface area contributed by atoms with Gasteiger partial charge in [-0.15, -0.1) is 5.10 Å². The van der Waals surface area contributed by atoms with Crippen molar-refractivity contribution in [2.24, 2.45) is 5.10 Å². The molecule has 1 amide bonds. The van der Waals surface area contributed by atoms with Gasteiger partial charge < -0.3 is 9.47 Å². The fourth-order valence-corrected chi connectivity index (χ4v) is 2.49. The third-order valence-electron chi connectivity index (χ3n) is 4.07. The first-order valence-corrected chi connectivity index (χ1v) is 9.19. The third kappa shape index (κ3) is 5.38. The average Bonchev–Trinajstić information content (AvgIpc) is 3.29. The Kier molecular flexibility index (Phi) is 6.88. The van der Waals surface area contributed by atoms with Gasteiger partial charge in [-0.2, -0.15) is 5.10 Å². The Hall–Kier alpha value is -3.75. The Morgan fingerprint density at radius 1 is 1.21 bits per heavy atom. The number of unbranched alkanes of at least 4 members (excludes halogenated alkanes) is 1. The first-order chi connectivity index (χ1) is 14.2. The van der Waals surface area contributed by atoms with Crippen LogP contribution in [0.1, 0.15) is 35.7 Å². The second-order valence-corrected chi connectivity index (χ2v) is 6.11. The summed E-state index contributed by atoms with van der Waals surface area (Å²) in [5, 5.41) is 15.0. The Morgan fingerprint density at radius 2 is 2.03 bits per heavy atom. The molecular formula is C20H22N6O3. The molecule has 9 nitrogen and oxygen atoms in total. The maximum Gasteiger partial charge on any atom is 0.271 e. The van der Waals surface area contributed by atoms with Crippen molar-refractivity contribution in [3.05, 3.63) is 59.9 Å². The molecule has 29 heavy (non-hydrogen) atoms. The zero-order valence-corrected chi connectivity index (χ0v) is 16.3. The summed E-state index contributed by atoms with van der Waals surface area (Å²) in [6, 6.07) is 12.3. The third-order valence-corrected chi connectivity index (χ3v) is 4.07. The molecule has 0 saturated carbocycles. The van der Waals surface area contributed by atoms with Crippen LogP contribution in [0.15, 0.2) is 53.9 Å². The number of hydrogen-bond donors (Lipinski definition) is 1. The van der Waals surface area contributed by atoms with Crippen LogP contribution in [0.5, 0.6) is 11.5 Å². The van der Waals surface area contributed by atoms with Crippen LogP contribution >= 0.6 is 0 Å². The van der Waals surface area contributed by atoms with Crippen molar-refractivity contribution in [2.75, 3.05) is 13.7 Å². The number of nitrogens with one attached hydrogen (secondary N) is 1. The second kappa shape index (κ2) is 9.98. The second-order valence-electron chi connectivity index (χ2n) is 6.11. The Bertz CT molecular complexity index is 955. The van der Waals surface area contributed by atoms with E-state index in [1.807, 2.05) is 12.1 Å². The molecule has 3 aromatic rings. The molecule has 1 aromatic heterocycles. The molecule has 0 radical (unpaired) electrons. The minimum atomic E-state index is -0.323. The lowest BCUT2D eigenvalue weighted by molar-refractivity contribution is 0.0955. The van der Waals surface area contributed by atoms with E-state index in [1.165, 1.54) is 11.0 Å². The highest BCUT2D eigenvalue weighted by molar-refractivity contribution is 5.95. The van der Waals surface area contributed by atoms with Crippen LogP contribution < -0.4 is 14.9 Å². The van der Waals surface area contributed by atoms with Crippen LogP contribution in [0.3, 0.4) is 0 Å². The number of hydrogen-bond acceptors (Lipinski definition) is 7. The molecule has 0 aliphatic heterocycles. The monoisotopic (exact) mass is 394 g/mol. The summed E-state index contributed by atoms with van der Waals surface area (Å²) in [6.45, 7) is 2.75. The molecule has 0 bridgehead atoms. The van der Waals surface area contributed by atoms with E-state index in [4.69, 9.17) is 9.47 Å². The molecule has 150 valence electrons. The quantitative estimate of drug-likeness (QED) is 0.340. The first-order valence-electron chi connectivity index (χ1n) is 9.19. The standard InChI is InChI=1S/C20H22N6O3/c1-3-4-11-29-18-10-5-15(12-19(18)28-2)13-21-23-20(27)16-6-8-17(9-7-16)26-14-22-24-25-26/h5-10,12-14H,3-4,11H2,1-2H3,(H,23,27)/b21-13+. The number of ether oxygens (including phenoxy) is 2. The highest BCUT2D eigenvalue weighted by Gasteiger charge is 2.07. The maximum absolute atomic E-state index is 12.2. The van der Waals surface area contributed by atoms with Gasteiger partial charge in [0.15, 0.2) is 11.5 Å². The van der Waals surface area contributed by atoms with Crippen LogP contribution in [0.4, 0.5) is 0 Å². The molecule has 1 N–H and O–H groups in total. The topological polar surface area (TPSA) is 104 Å². The van der Waals surface area contributed by atoms with Gasteiger partial charge in [0, 0.05) is 5.56 Å². The van der Waals surface area contributed by atoms with E-state index in [0.29, 0.717) is 23.7 Å². The lowest BCUT2D eigenvalue weighted by Crippen LogP contribution is -2.17. The van der Waals surface area contributed by atoms with Crippen molar-refractivity contribution in [1.29, 1.82) is 0 Å². The maximum atomic E-state index is 12.2. The highest BCUT2D eigenvalue weighted by atomic mass is 16.5. The van der Waals surface area contributed by atoms with Gasteiger partial charge in [-0.25, -0.2) is 10.1 Å². The number of aromatic nitrogens is 4. The molecule has 9 heteroatoms. The molecule has 0 aliphatic rings. The Balaban J connectivity index is 1.59. The van der Waals surface area contributed by atoms with Crippen LogP contribution in [0.2, 0.25) is 0 Å². The number of carbonyl (C=O) groups is 1. The fraction of sp³-hybridized carbons (Fsp3) is 0.250. The minimum Gasteiger partial charge on any atom is -0.493 e. The summed E-state index contributed by atoms with van der Waals surface area (Å²) in [7, 11) is 1.59. The smallest absolute Gasteiger partial charge is 0.271 e. The van der Waals surface area contributed by atoms with Crippen molar-refractivity contribution in [1.82, 2.24) is 25.6 Å². The first kappa shape index (κ1) is 20.0. The minimum absolute atomic E-state index is 0.323. The van der Waals surface area contributed by atoms with Crippen LogP contribution in [0, 0.1) is 0 Å². The number of tetrazole rings is 1. The van der Waals surface area contributed by atoms with E-state index < -0.39 is 0 Å². The van der Waals surface area contributed by atoms with Crippen LogP contribution in [-0.4, -0.2) is 46.0 Å². The zero-order valence-electron chi connectivity index (χ0n) is 16.3. The zero-order chi connectivity index (χ0) is 20.5. The van der Waals surface area contributed by atoms with Crippen molar-refractivity contribution < 1.29 is 14.3 Å². The summed E-state index contributed by atoms with van der Waals surface area (Å²) in [6.07, 6.45) is 5.07. The predicted molar refractivity (Wildman–Crippen MR) is 108 cm³/mol. The Morgan fingerprint density at radius 3 is 2.72 bits per heavy atom. The molecule has 0 saturated heterocycles. The van der Waals surface area contributed by atoms with E-state index in [1.54, 1.807) is 43.7 Å². The largest absolute Gasteiger partial charge is 0.493 e. The van der Waals surface area contributed by atoms with Crippen molar-refractivity contribution in [3.63, 3.8) is 0 Å². The number of methoxy groups -OCH3 is 1. The summed E-state index contributed by atoms with van der Waals surface area (Å²) >= 11 is 0. The van der Waals surface area contributed by atoms with Gasteiger partial charge in [0.2, 0.25) is 0 Å². The highest BCUT2D eigenvalue weighted by Crippen LogP contribution is 2.27. The lowest BCUT2D eigenvalue weighted by Gasteiger charge is -2.10. The molecule has 2 aromatic carbocycles. The lowest BCUT2D eigenvalue weighted by atomic mass is 10.2. The summed E-state index contributed by atoms with van der Waals surface area (Å²) < 4.78 is 12.6. The van der Waals surface area contributed by atoms with E-state index in [9.17, 15) is 4.79 Å². The molecule has 0 atom stereocenters. The molecule has 0 unspecified atom stereocenters. The SMILES string of the molecule is CCCCOc1ccc(/C=N/NC(=O)c2ccc(-n3cnnn3)cc2)cc1OC. The fourth-order valence-electron chi connectivity index (χ4n) is 2.49. The van der Waals surface area contributed by atoms with E-state index >= 15 is 0 Å². The predicted octanol–water partition coefficient (Wildman–Crippen LogP) is 2.61. The molecule has 0 fully saturated rings. The summed E-state index contributed by atoms with van der Waals surface area (Å²) in [4.78, 5) is 12.2. The number of nitrogens with zero attached hydrogens (tertiary/aromatic N) is 5. The number of amides is 1. The van der Waals surface area contributed by atoms with Gasteiger partial charge in [-0.3, -0.25) is 4.79 Å². The molecule has 0 aliphatic carbocycles. The van der Waals surface area contributed by atoms with Gasteiger partial charge >= 0.3 is 0 Å². The van der Waals surface area contributed by atoms with Gasteiger partial charge in [-0.1, -0.05) is 13.3 Å².